The monoisotopic (exact) mass is 242 g/mol. The van der Waals surface area contributed by atoms with Gasteiger partial charge in [0, 0.05) is 6.04 Å². The van der Waals surface area contributed by atoms with E-state index in [0.29, 0.717) is 6.42 Å². The molecule has 3 amide bonds. The summed E-state index contributed by atoms with van der Waals surface area (Å²) in [5, 5.41) is 0. The highest BCUT2D eigenvalue weighted by Gasteiger charge is 2.34. The van der Waals surface area contributed by atoms with Crippen LogP contribution in [-0.2, 0) is 14.4 Å². The van der Waals surface area contributed by atoms with Gasteiger partial charge < -0.3 is 22.1 Å². The van der Waals surface area contributed by atoms with E-state index >= 15 is 0 Å². The van der Waals surface area contributed by atoms with E-state index in [4.69, 9.17) is 17.2 Å². The van der Waals surface area contributed by atoms with E-state index in [1.54, 1.807) is 0 Å². The Kier molecular flexibility index (Phi) is 4.45. The first-order chi connectivity index (χ1) is 7.91. The quantitative estimate of drug-likeness (QED) is 0.510. The van der Waals surface area contributed by atoms with Crippen molar-refractivity contribution in [1.82, 2.24) is 4.90 Å². The van der Waals surface area contributed by atoms with Crippen molar-refractivity contribution in [3.8, 4) is 0 Å². The number of carbonyl (C=O) groups excluding carboxylic acids is 3. The molecule has 1 fully saturated rings. The number of nitrogens with two attached hydrogens (primary N) is 3. The molecule has 0 saturated heterocycles. The van der Waals surface area contributed by atoms with Gasteiger partial charge in [-0.2, -0.15) is 0 Å². The molecular weight excluding hydrogens is 224 g/mol. The summed E-state index contributed by atoms with van der Waals surface area (Å²) in [6.45, 7) is -0.601. The number of rotatable bonds is 5. The molecule has 1 saturated carbocycles. The summed E-state index contributed by atoms with van der Waals surface area (Å²) in [5.74, 6) is -2.00. The second kappa shape index (κ2) is 5.62. The molecular formula is C10H18N4O3. The molecule has 0 bridgehead atoms. The molecule has 0 aliphatic heterocycles. The molecule has 17 heavy (non-hydrogen) atoms. The molecule has 7 heteroatoms. The fourth-order valence-electron chi connectivity index (χ4n) is 2.12. The third-order valence-corrected chi connectivity index (χ3v) is 2.89. The predicted molar refractivity (Wildman–Crippen MR) is 60.3 cm³/mol. The fourth-order valence-corrected chi connectivity index (χ4v) is 2.12. The van der Waals surface area contributed by atoms with Gasteiger partial charge in [-0.05, 0) is 12.8 Å². The van der Waals surface area contributed by atoms with Crippen LogP contribution in [0.15, 0.2) is 0 Å². The van der Waals surface area contributed by atoms with Gasteiger partial charge in [-0.25, -0.2) is 0 Å². The summed E-state index contributed by atoms with van der Waals surface area (Å²) in [6.07, 6.45) is 2.32. The Balaban J connectivity index is 2.70. The minimum Gasteiger partial charge on any atom is -0.368 e. The van der Waals surface area contributed by atoms with Crippen molar-refractivity contribution in [1.29, 1.82) is 0 Å². The van der Waals surface area contributed by atoms with E-state index < -0.39 is 11.8 Å². The van der Waals surface area contributed by atoms with Crippen LogP contribution in [0, 0.1) is 5.92 Å². The van der Waals surface area contributed by atoms with Crippen LogP contribution >= 0.6 is 0 Å². The zero-order valence-corrected chi connectivity index (χ0v) is 9.59. The average Bonchev–Trinajstić information content (AvgIpc) is 2.61. The Hall–Kier alpha value is -1.63. The largest absolute Gasteiger partial charge is 0.368 e. The zero-order valence-electron chi connectivity index (χ0n) is 9.59. The molecule has 0 aromatic heterocycles. The molecule has 7 nitrogen and oxygen atoms in total. The van der Waals surface area contributed by atoms with E-state index in [2.05, 4.69) is 0 Å². The smallest absolute Gasteiger partial charge is 0.237 e. The molecule has 6 N–H and O–H groups in total. The zero-order chi connectivity index (χ0) is 13.0. The highest BCUT2D eigenvalue weighted by Crippen LogP contribution is 2.25. The van der Waals surface area contributed by atoms with Gasteiger partial charge in [-0.3, -0.25) is 14.4 Å². The van der Waals surface area contributed by atoms with Crippen LogP contribution in [0.1, 0.15) is 19.3 Å². The van der Waals surface area contributed by atoms with Crippen molar-refractivity contribution < 1.29 is 14.4 Å². The van der Waals surface area contributed by atoms with E-state index in [1.807, 2.05) is 0 Å². The molecule has 0 radical (unpaired) electrons. The first kappa shape index (κ1) is 13.4. The standard InChI is InChI=1S/C10H18N4O3/c11-7-3-1-2-6(7)10(17)14(4-8(12)15)5-9(13)16/h6-7H,1-5,11H2,(H2,12,15)(H2,13,16). The maximum absolute atomic E-state index is 12.1. The molecule has 0 heterocycles. The van der Waals surface area contributed by atoms with Gasteiger partial charge >= 0.3 is 0 Å². The number of amides is 3. The van der Waals surface area contributed by atoms with Crippen molar-refractivity contribution in [2.45, 2.75) is 25.3 Å². The average molecular weight is 242 g/mol. The number of hydrogen-bond donors (Lipinski definition) is 3. The van der Waals surface area contributed by atoms with E-state index in [1.165, 1.54) is 0 Å². The highest BCUT2D eigenvalue weighted by molar-refractivity contribution is 5.89. The molecule has 0 aromatic carbocycles. The number of hydrogen-bond acceptors (Lipinski definition) is 4. The molecule has 0 aromatic rings. The van der Waals surface area contributed by atoms with Crippen LogP contribution in [0.3, 0.4) is 0 Å². The molecule has 1 aliphatic carbocycles. The van der Waals surface area contributed by atoms with Gasteiger partial charge in [0.1, 0.15) is 0 Å². The Morgan fingerprint density at radius 2 is 1.59 bits per heavy atom. The van der Waals surface area contributed by atoms with Crippen LogP contribution in [0.2, 0.25) is 0 Å². The Morgan fingerprint density at radius 3 is 1.94 bits per heavy atom. The number of primary amides is 2. The maximum atomic E-state index is 12.1. The lowest BCUT2D eigenvalue weighted by molar-refractivity contribution is -0.141. The van der Waals surface area contributed by atoms with Crippen LogP contribution in [0.25, 0.3) is 0 Å². The lowest BCUT2D eigenvalue weighted by Crippen LogP contribution is -2.48. The first-order valence-corrected chi connectivity index (χ1v) is 5.52. The summed E-state index contributed by atoms with van der Waals surface area (Å²) >= 11 is 0. The minimum atomic E-state index is -0.675. The Bertz CT molecular complexity index is 316. The van der Waals surface area contributed by atoms with Gasteiger partial charge in [-0.1, -0.05) is 6.42 Å². The van der Waals surface area contributed by atoms with Crippen molar-refractivity contribution in [3.63, 3.8) is 0 Å². The Labute approximate surface area is 99.3 Å². The topological polar surface area (TPSA) is 133 Å². The van der Waals surface area contributed by atoms with Gasteiger partial charge in [0.2, 0.25) is 17.7 Å². The maximum Gasteiger partial charge on any atom is 0.237 e. The predicted octanol–water partition coefficient (Wildman–Crippen LogP) is -2.09. The summed E-state index contributed by atoms with van der Waals surface area (Å²) in [7, 11) is 0. The third-order valence-electron chi connectivity index (χ3n) is 2.89. The molecule has 1 aliphatic rings. The van der Waals surface area contributed by atoms with Crippen LogP contribution < -0.4 is 17.2 Å². The van der Waals surface area contributed by atoms with Gasteiger partial charge in [-0.15, -0.1) is 0 Å². The fraction of sp³-hybridized carbons (Fsp3) is 0.700. The molecule has 1 rings (SSSR count). The normalized spacial score (nSPS) is 23.4. The Morgan fingerprint density at radius 1 is 1.06 bits per heavy atom. The summed E-state index contributed by atoms with van der Waals surface area (Å²) in [6, 6.07) is -0.217. The molecule has 2 atom stereocenters. The number of nitrogens with zero attached hydrogens (tertiary/aromatic N) is 1. The van der Waals surface area contributed by atoms with Crippen LogP contribution in [0.4, 0.5) is 0 Å². The molecule has 96 valence electrons. The van der Waals surface area contributed by atoms with Crippen LogP contribution in [0.5, 0.6) is 0 Å². The van der Waals surface area contributed by atoms with Gasteiger partial charge in [0.15, 0.2) is 0 Å². The van der Waals surface area contributed by atoms with Crippen molar-refractivity contribution in [3.05, 3.63) is 0 Å². The second-order valence-electron chi connectivity index (χ2n) is 4.33. The summed E-state index contributed by atoms with van der Waals surface area (Å²) in [4.78, 5) is 34.8. The lowest BCUT2D eigenvalue weighted by Gasteiger charge is -2.24. The van der Waals surface area contributed by atoms with Crippen molar-refractivity contribution in [2.75, 3.05) is 13.1 Å². The first-order valence-electron chi connectivity index (χ1n) is 5.52. The molecule has 2 unspecified atom stereocenters. The summed E-state index contributed by atoms with van der Waals surface area (Å²) < 4.78 is 0. The minimum absolute atomic E-state index is 0.217. The van der Waals surface area contributed by atoms with Gasteiger partial charge in [0.25, 0.3) is 0 Å². The van der Waals surface area contributed by atoms with E-state index in [0.717, 1.165) is 17.7 Å². The third kappa shape index (κ3) is 3.70. The number of carbonyl (C=O) groups is 3. The lowest BCUT2D eigenvalue weighted by atomic mass is 10.0. The second-order valence-corrected chi connectivity index (χ2v) is 4.33. The van der Waals surface area contributed by atoms with E-state index in [9.17, 15) is 14.4 Å². The van der Waals surface area contributed by atoms with Crippen molar-refractivity contribution in [2.24, 2.45) is 23.1 Å². The van der Waals surface area contributed by atoms with Crippen molar-refractivity contribution >= 4 is 17.7 Å². The van der Waals surface area contributed by atoms with E-state index in [-0.39, 0.29) is 31.0 Å². The highest BCUT2D eigenvalue weighted by atomic mass is 16.2. The van der Waals surface area contributed by atoms with Gasteiger partial charge in [0.05, 0.1) is 19.0 Å². The van der Waals surface area contributed by atoms with Crippen LogP contribution in [-0.4, -0.2) is 41.8 Å². The summed E-state index contributed by atoms with van der Waals surface area (Å²) in [5.41, 5.74) is 15.8. The SMILES string of the molecule is NC(=O)CN(CC(N)=O)C(=O)C1CCCC1N. The molecule has 0 spiro atoms.